The molecule has 0 saturated carbocycles. The van der Waals surface area contributed by atoms with E-state index in [0.717, 1.165) is 12.8 Å². The van der Waals surface area contributed by atoms with Crippen molar-refractivity contribution in [2.75, 3.05) is 0 Å². The van der Waals surface area contributed by atoms with Gasteiger partial charge in [-0.05, 0) is 153 Å². The normalized spacial score (nSPS) is 14.0. The van der Waals surface area contributed by atoms with E-state index in [9.17, 15) is 0 Å². The zero-order valence-electron chi connectivity index (χ0n) is 37.1. The zero-order chi connectivity index (χ0) is 44.0. The van der Waals surface area contributed by atoms with Gasteiger partial charge in [0.05, 0.1) is 0 Å². The van der Waals surface area contributed by atoms with Crippen molar-refractivity contribution in [2.45, 2.75) is 25.2 Å². The minimum absolute atomic E-state index is 0.294. The maximum atomic E-state index is 2.55. The molecule has 0 bridgehead atoms. The van der Waals surface area contributed by atoms with Crippen molar-refractivity contribution in [3.8, 4) is 77.9 Å². The molecule has 0 radical (unpaired) electrons. The van der Waals surface area contributed by atoms with Gasteiger partial charge < -0.3 is 0 Å². The molecule has 11 aromatic rings. The van der Waals surface area contributed by atoms with Crippen LogP contribution in [0.2, 0.25) is 0 Å². The fourth-order valence-corrected chi connectivity index (χ4v) is 11.2. The molecule has 0 heteroatoms. The highest BCUT2D eigenvalue weighted by molar-refractivity contribution is 6.21. The van der Waals surface area contributed by atoms with Gasteiger partial charge in [0.1, 0.15) is 0 Å². The first-order chi connectivity index (χ1) is 32.7. The minimum Gasteiger partial charge on any atom is -0.0653 e. The molecule has 1 unspecified atom stereocenters. The smallest absolute Gasteiger partial charge is 0.0463 e. The molecule has 312 valence electrons. The summed E-state index contributed by atoms with van der Waals surface area (Å²) in [4.78, 5) is 0. The first kappa shape index (κ1) is 39.5. The van der Waals surface area contributed by atoms with E-state index >= 15 is 0 Å². The fourth-order valence-electron chi connectivity index (χ4n) is 11.2. The average molecular weight is 841 g/mol. The Balaban J connectivity index is 1.01. The Bertz CT molecular complexity index is 3450. The van der Waals surface area contributed by atoms with Crippen LogP contribution in [0.1, 0.15) is 36.5 Å². The third-order valence-electron chi connectivity index (χ3n) is 14.1. The predicted octanol–water partition coefficient (Wildman–Crippen LogP) is 18.1. The molecule has 66 heavy (non-hydrogen) atoms. The zero-order valence-corrected chi connectivity index (χ0v) is 37.1. The number of hydrogen-bond donors (Lipinski definition) is 0. The Morgan fingerprint density at radius 3 is 1.23 bits per heavy atom. The van der Waals surface area contributed by atoms with Gasteiger partial charge in [0.2, 0.25) is 0 Å². The standard InChI is InChI=1S/C66H48/c1-2-39-66(55-26-18-25-50(43-55)45-19-6-3-7-20-45)62-32-17-16-27-56(62)57-38-37-51(44-63(57)66)65-60-30-14-12-28-58(60)64(59-29-13-15-31-61(59)65)49-35-33-48(34-36-49)54-41-52(46-21-8-4-9-22-46)40-53(42-54)47-23-10-5-11-24-47/h3-38,40-44H,2,39H2,1H3. The predicted molar refractivity (Wildman–Crippen MR) is 281 cm³/mol. The largest absolute Gasteiger partial charge is 0.0653 e. The van der Waals surface area contributed by atoms with Crippen molar-refractivity contribution in [2.24, 2.45) is 0 Å². The molecule has 1 atom stereocenters. The first-order valence-electron chi connectivity index (χ1n) is 23.4. The third kappa shape index (κ3) is 6.60. The lowest BCUT2D eigenvalue weighted by atomic mass is 9.68. The molecule has 0 heterocycles. The number of hydrogen-bond acceptors (Lipinski definition) is 0. The number of rotatable bonds is 9. The summed E-state index contributed by atoms with van der Waals surface area (Å²) >= 11 is 0. The summed E-state index contributed by atoms with van der Waals surface area (Å²) in [5.74, 6) is 0. The van der Waals surface area contributed by atoms with Crippen molar-refractivity contribution in [1.29, 1.82) is 0 Å². The maximum Gasteiger partial charge on any atom is 0.0463 e. The third-order valence-corrected chi connectivity index (χ3v) is 14.1. The van der Waals surface area contributed by atoms with Crippen molar-refractivity contribution < 1.29 is 0 Å². The lowest BCUT2D eigenvalue weighted by molar-refractivity contribution is 0.563. The van der Waals surface area contributed by atoms with Crippen molar-refractivity contribution in [1.82, 2.24) is 0 Å². The Labute approximate surface area is 388 Å². The minimum atomic E-state index is -0.294. The molecule has 0 aromatic heterocycles. The van der Waals surface area contributed by atoms with Crippen LogP contribution in [0.5, 0.6) is 0 Å². The van der Waals surface area contributed by atoms with E-state index in [4.69, 9.17) is 0 Å². The first-order valence-corrected chi connectivity index (χ1v) is 23.4. The van der Waals surface area contributed by atoms with Crippen LogP contribution in [0.4, 0.5) is 0 Å². The molecule has 1 aliphatic carbocycles. The second-order valence-corrected chi connectivity index (χ2v) is 17.9. The van der Waals surface area contributed by atoms with Crippen LogP contribution in [0.15, 0.2) is 249 Å². The van der Waals surface area contributed by atoms with Gasteiger partial charge >= 0.3 is 0 Å². The van der Waals surface area contributed by atoms with Crippen LogP contribution in [0, 0.1) is 0 Å². The van der Waals surface area contributed by atoms with Crippen molar-refractivity contribution in [3.63, 3.8) is 0 Å². The average Bonchev–Trinajstić information content (AvgIpc) is 3.68. The van der Waals surface area contributed by atoms with Gasteiger partial charge in [0.15, 0.2) is 0 Å². The molecular weight excluding hydrogens is 793 g/mol. The van der Waals surface area contributed by atoms with Gasteiger partial charge in [-0.2, -0.15) is 0 Å². The molecule has 0 fully saturated rings. The van der Waals surface area contributed by atoms with Gasteiger partial charge in [-0.25, -0.2) is 0 Å². The van der Waals surface area contributed by atoms with E-state index in [1.54, 1.807) is 0 Å². The Hall–Kier alpha value is -8.06. The van der Waals surface area contributed by atoms with Crippen LogP contribution in [0.3, 0.4) is 0 Å². The monoisotopic (exact) mass is 840 g/mol. The molecule has 12 rings (SSSR count). The molecule has 0 nitrogen and oxygen atoms in total. The summed E-state index contributed by atoms with van der Waals surface area (Å²) in [5, 5.41) is 5.05. The Kier molecular flexibility index (Phi) is 9.88. The Morgan fingerprint density at radius 2 is 0.682 bits per heavy atom. The van der Waals surface area contributed by atoms with Gasteiger partial charge in [-0.3, -0.25) is 0 Å². The van der Waals surface area contributed by atoms with Gasteiger partial charge in [-0.15, -0.1) is 0 Å². The van der Waals surface area contributed by atoms with E-state index in [1.807, 2.05) is 0 Å². The molecule has 1 aliphatic rings. The van der Waals surface area contributed by atoms with Crippen LogP contribution in [0.25, 0.3) is 99.4 Å². The quantitative estimate of drug-likeness (QED) is 0.127. The maximum absolute atomic E-state index is 2.55. The number of benzene rings is 11. The molecule has 0 saturated heterocycles. The van der Waals surface area contributed by atoms with Gasteiger partial charge in [0, 0.05) is 5.41 Å². The molecular formula is C66H48. The van der Waals surface area contributed by atoms with Gasteiger partial charge in [0.25, 0.3) is 0 Å². The van der Waals surface area contributed by atoms with Crippen LogP contribution in [-0.2, 0) is 5.41 Å². The topological polar surface area (TPSA) is 0 Å². The molecule has 0 N–H and O–H groups in total. The second kappa shape index (κ2) is 16.5. The van der Waals surface area contributed by atoms with Crippen LogP contribution in [-0.4, -0.2) is 0 Å². The summed E-state index contributed by atoms with van der Waals surface area (Å²) in [6, 6.07) is 92.5. The summed E-state index contributed by atoms with van der Waals surface area (Å²) in [5.41, 5.74) is 21.3. The fraction of sp³-hybridized carbons (Fsp3) is 0.0606. The molecule has 0 spiro atoms. The highest BCUT2D eigenvalue weighted by Crippen LogP contribution is 2.57. The van der Waals surface area contributed by atoms with Gasteiger partial charge in [-0.1, -0.05) is 232 Å². The highest BCUT2D eigenvalue weighted by atomic mass is 14.5. The summed E-state index contributed by atoms with van der Waals surface area (Å²) in [6.07, 6.45) is 2.07. The lowest BCUT2D eigenvalue weighted by Gasteiger charge is -2.33. The van der Waals surface area contributed by atoms with E-state index in [1.165, 1.54) is 116 Å². The van der Waals surface area contributed by atoms with Crippen LogP contribution < -0.4 is 0 Å². The SMILES string of the molecule is CCCC1(c2cccc(-c3ccccc3)c2)c2ccccc2-c2ccc(-c3c4ccccc4c(-c4ccc(-c5cc(-c6ccccc6)cc(-c6ccccc6)c5)cc4)c4ccccc34)cc21. The Morgan fingerprint density at radius 1 is 0.273 bits per heavy atom. The molecule has 11 aromatic carbocycles. The molecule has 0 aliphatic heterocycles. The van der Waals surface area contributed by atoms with Crippen LogP contribution >= 0.6 is 0 Å². The van der Waals surface area contributed by atoms with Crippen molar-refractivity contribution >= 4 is 21.5 Å². The summed E-state index contributed by atoms with van der Waals surface area (Å²) < 4.78 is 0. The van der Waals surface area contributed by atoms with E-state index in [0.29, 0.717) is 0 Å². The van der Waals surface area contributed by atoms with E-state index in [-0.39, 0.29) is 5.41 Å². The van der Waals surface area contributed by atoms with E-state index < -0.39 is 0 Å². The van der Waals surface area contributed by atoms with Crippen molar-refractivity contribution in [3.05, 3.63) is 265 Å². The summed E-state index contributed by atoms with van der Waals surface area (Å²) in [7, 11) is 0. The highest BCUT2D eigenvalue weighted by Gasteiger charge is 2.44. The van der Waals surface area contributed by atoms with E-state index in [2.05, 4.69) is 256 Å². The molecule has 0 amide bonds. The second-order valence-electron chi connectivity index (χ2n) is 17.9. The summed E-state index contributed by atoms with van der Waals surface area (Å²) in [6.45, 7) is 2.34. The lowest BCUT2D eigenvalue weighted by Crippen LogP contribution is -2.27. The number of fused-ring (bicyclic) bond motifs is 5.